The molecule has 92 heavy (non-hydrogen) atoms. The molecule has 1 saturated carbocycles. The number of aromatic amines is 1. The highest BCUT2D eigenvalue weighted by Gasteiger charge is 2.68. The van der Waals surface area contributed by atoms with Gasteiger partial charge in [0.1, 0.15) is 48.4 Å². The molecule has 1 aliphatic carbocycles. The molecule has 11 atom stereocenters. The number of carbonyl (C=O) groups excluding carboxylic acids is 5. The number of Topliss-reactive ketones (excluding diaryl/α,β-unsaturated/α-hetero) is 1. The number of aromatic nitrogens is 6. The number of H-pyrrole nitrogens is 1. The predicted molar refractivity (Wildman–Crippen MR) is 338 cm³/mol. The van der Waals surface area contributed by atoms with Crippen LogP contribution in [0.3, 0.4) is 0 Å². The van der Waals surface area contributed by atoms with Gasteiger partial charge in [-0.3, -0.25) is 52.0 Å². The van der Waals surface area contributed by atoms with Gasteiger partial charge in [0.05, 0.1) is 58.2 Å². The summed E-state index contributed by atoms with van der Waals surface area (Å²) in [5, 5.41) is 26.2. The Labute approximate surface area is 539 Å². The molecule has 0 spiro atoms. The number of phosphoric acid groups is 1. The lowest BCUT2D eigenvalue weighted by molar-refractivity contribution is -0.131. The van der Waals surface area contributed by atoms with Gasteiger partial charge < -0.3 is 80.0 Å². The molecule has 2 saturated heterocycles. The van der Waals surface area contributed by atoms with Gasteiger partial charge in [-0.15, -0.1) is 0 Å². The van der Waals surface area contributed by atoms with Gasteiger partial charge >= 0.3 is 34.1 Å². The molecular formula is C48H65F2N11O22P6S3. The summed E-state index contributed by atoms with van der Waals surface area (Å²) in [5.41, 5.74) is 5.21. The summed E-state index contributed by atoms with van der Waals surface area (Å²) in [5.74, 6) is 3.27. The number of thioether (sulfide) groups is 1. The van der Waals surface area contributed by atoms with Crippen LogP contribution in [0.15, 0.2) is 51.5 Å². The molecule has 3 fully saturated rings. The van der Waals surface area contributed by atoms with Gasteiger partial charge in [-0.25, -0.2) is 28.6 Å². The number of hydrogen-bond acceptors (Lipinski definition) is 25. The third kappa shape index (κ3) is 21.4. The minimum absolute atomic E-state index is 0.00749. The molecule has 13 N–H and O–H groups in total. The second-order valence-corrected chi connectivity index (χ2v) is 35.2. The summed E-state index contributed by atoms with van der Waals surface area (Å²) >= 11 is 0.873. The van der Waals surface area contributed by atoms with Crippen LogP contribution in [0.25, 0.3) is 11.2 Å². The van der Waals surface area contributed by atoms with Crippen molar-refractivity contribution in [3.8, 4) is 11.8 Å². The number of amides is 4. The predicted octanol–water partition coefficient (Wildman–Crippen LogP) is 2.65. The lowest BCUT2D eigenvalue weighted by Crippen LogP contribution is -2.50. The third-order valence-corrected chi connectivity index (χ3v) is 23.4. The minimum atomic E-state index is -6.82. The van der Waals surface area contributed by atoms with Crippen LogP contribution in [-0.4, -0.2) is 181 Å². The van der Waals surface area contributed by atoms with E-state index in [2.05, 4.69) is 79.7 Å². The van der Waals surface area contributed by atoms with Gasteiger partial charge in [0.25, 0.3) is 5.56 Å². The molecule has 44 heteroatoms. The monoisotopic (exact) mass is 1470 g/mol. The van der Waals surface area contributed by atoms with Crippen LogP contribution in [-0.2, 0) is 60.4 Å². The second-order valence-electron chi connectivity index (χ2n) is 20.4. The fraction of sp³-hybridized carbons (Fsp3) is 0.542. The van der Waals surface area contributed by atoms with Crippen LogP contribution in [0.4, 0.5) is 20.3 Å². The first kappa shape index (κ1) is 75.2. The minimum Gasteiger partial charge on any atom is -0.390 e. The highest BCUT2D eigenvalue weighted by Crippen LogP contribution is 2.78. The van der Waals surface area contributed by atoms with Crippen molar-refractivity contribution in [1.82, 2.24) is 45.0 Å². The zero-order chi connectivity index (χ0) is 67.1. The van der Waals surface area contributed by atoms with E-state index in [-0.39, 0.29) is 108 Å². The Morgan fingerprint density at radius 1 is 0.913 bits per heavy atom. The van der Waals surface area contributed by atoms with Crippen molar-refractivity contribution >= 4 is 134 Å². The quantitative estimate of drug-likeness (QED) is 0.00636. The highest BCUT2D eigenvalue weighted by molar-refractivity contribution is 8.76. The van der Waals surface area contributed by atoms with Crippen LogP contribution in [0.1, 0.15) is 79.7 Å². The summed E-state index contributed by atoms with van der Waals surface area (Å²) in [6.07, 6.45) is -0.354. The Balaban J connectivity index is 0.807. The van der Waals surface area contributed by atoms with E-state index in [1.54, 1.807) is 0 Å². The van der Waals surface area contributed by atoms with Gasteiger partial charge in [-0.05, 0) is 37.1 Å². The van der Waals surface area contributed by atoms with Gasteiger partial charge in [-0.1, -0.05) is 82.3 Å². The van der Waals surface area contributed by atoms with Gasteiger partial charge in [0.2, 0.25) is 23.6 Å². The fourth-order valence-corrected chi connectivity index (χ4v) is 16.6. The fourth-order valence-electron chi connectivity index (χ4n) is 9.02. The van der Waals surface area contributed by atoms with Gasteiger partial charge in [-0.2, -0.15) is 8.78 Å². The van der Waals surface area contributed by atoms with Crippen molar-refractivity contribution in [2.75, 3.05) is 67.8 Å². The lowest BCUT2D eigenvalue weighted by Gasteiger charge is -2.26. The molecule has 9 unspecified atom stereocenters. The number of nitrogens with two attached hydrogens (primary N) is 1. The first-order valence-corrected chi connectivity index (χ1v) is 40.2. The van der Waals surface area contributed by atoms with Crippen molar-refractivity contribution in [3.05, 3.63) is 68.8 Å². The zero-order valence-electron chi connectivity index (χ0n) is 48.1. The van der Waals surface area contributed by atoms with Crippen LogP contribution >= 0.6 is 81.7 Å². The summed E-state index contributed by atoms with van der Waals surface area (Å²) in [4.78, 5) is 142. The van der Waals surface area contributed by atoms with E-state index in [0.29, 0.717) is 24.3 Å². The number of nitrogens with one attached hydrogen (secondary N) is 5. The smallest absolute Gasteiger partial charge is 0.390 e. The SMILES string of the molecule is Nc1nc(SCC(=O)c2ccc(NC(=O)COCCNC(=O)C(CSSCCC(=O)NCC#Cc3cn(C4CC(O)C(COP(P)P)O4)c(=O)[nH]c3=O)NC(=O)C3CCCCC3)cc2)nc2c1ncn2[C@H]1CC(O)[C@@H](COP(=O)(O)C(F)(F)P(=O)(O)OP(=O)(O)O)O1. The van der Waals surface area contributed by atoms with E-state index < -0.39 is 121 Å². The molecule has 3 aliphatic rings. The van der Waals surface area contributed by atoms with Crippen LogP contribution < -0.4 is 38.2 Å². The van der Waals surface area contributed by atoms with Crippen molar-refractivity contribution < 1.29 is 104 Å². The second kappa shape index (κ2) is 34.1. The molecule has 0 bridgehead atoms. The van der Waals surface area contributed by atoms with E-state index in [0.717, 1.165) is 35.6 Å². The number of nitrogen functional groups attached to an aromatic ring is 1. The maximum absolute atomic E-state index is 14.5. The van der Waals surface area contributed by atoms with Crippen molar-refractivity contribution in [1.29, 1.82) is 0 Å². The van der Waals surface area contributed by atoms with E-state index >= 15 is 0 Å². The number of anilines is 2. The molecule has 4 aromatic rings. The number of nitrogens with zero attached hydrogens (tertiary/aromatic N) is 5. The number of hydrogen-bond donors (Lipinski definition) is 12. The molecule has 33 nitrogen and oxygen atoms in total. The number of ketones is 1. The number of halogens is 2. The average Bonchev–Trinajstić information content (AvgIpc) is 1.31. The third-order valence-electron chi connectivity index (χ3n) is 13.7. The Morgan fingerprint density at radius 3 is 2.26 bits per heavy atom. The van der Waals surface area contributed by atoms with Gasteiger partial charge in [0, 0.05) is 60.7 Å². The summed E-state index contributed by atoms with van der Waals surface area (Å²) < 4.78 is 96.4. The van der Waals surface area contributed by atoms with Crippen LogP contribution in [0.5, 0.6) is 0 Å². The molecule has 4 amide bonds. The number of aliphatic hydroxyl groups excluding tert-OH is 2. The number of aliphatic hydroxyl groups is 2. The van der Waals surface area contributed by atoms with Crippen molar-refractivity contribution in [3.63, 3.8) is 0 Å². The maximum Gasteiger partial charge on any atom is 0.477 e. The standard InChI is InChI=1S/C48H65F2N11O22P6S3/c49-48(50,88(73,74)83-89(75,76)77)87(71,72)80-21-35-32(63)18-39(82-35)61-25-54-40-41(51)57-46(58-42(40)61)90-24-33(64)26-8-10-29(11-9-26)55-37(66)22-78-15-14-53-45(69)30(56-43(67)27-5-2-1-3-6-27)23-92-91-16-12-36(65)52-13-4-7-28-19-60(47(70)59-44(28)68)38-17-31(62)34(81-38)20-79-86(84)85/h8-11,19,25,27,30-32,34-35,38-39,62-63H,1-3,5-6,12-18,20-24,84-85H2,(H,52,65)(H,53,69)(H,55,66)(H,56,67)(H,71,72)(H,73,74)(H2,51,57,58)(H,59,68,70)(H2,75,76,77)/t30?,31?,32?,34?,35-,38?,39-/m1/s1. The van der Waals surface area contributed by atoms with E-state index in [1.165, 1.54) is 62.9 Å². The van der Waals surface area contributed by atoms with Crippen LogP contribution in [0.2, 0.25) is 0 Å². The number of benzene rings is 1. The Morgan fingerprint density at radius 2 is 1.59 bits per heavy atom. The summed E-state index contributed by atoms with van der Waals surface area (Å²) in [6, 6.07) is 4.94. The number of ether oxygens (including phenoxy) is 3. The molecule has 7 rings (SSSR count). The number of carbonyl (C=O) groups is 5. The Hall–Kier alpha value is -4.23. The summed E-state index contributed by atoms with van der Waals surface area (Å²) in [6.45, 7) is -1.78. The van der Waals surface area contributed by atoms with Crippen molar-refractivity contribution in [2.24, 2.45) is 5.92 Å². The normalized spacial score (nSPS) is 21.2. The Kier molecular flexibility index (Phi) is 27.9. The molecule has 5 heterocycles. The number of imidazole rings is 1. The maximum atomic E-state index is 14.5. The largest absolute Gasteiger partial charge is 0.477 e. The molecular weight excluding hydrogens is 1400 g/mol. The topological polar surface area (TPSA) is 486 Å². The number of fused-ring (bicyclic) bond motifs is 1. The summed E-state index contributed by atoms with van der Waals surface area (Å²) in [7, 11) is -12.7. The molecule has 3 aromatic heterocycles. The molecule has 1 aromatic carbocycles. The molecule has 0 radical (unpaired) electrons. The number of alkyl halides is 2. The van der Waals surface area contributed by atoms with Crippen molar-refractivity contribution in [2.45, 2.75) is 105 Å². The lowest BCUT2D eigenvalue weighted by atomic mass is 9.88. The van der Waals surface area contributed by atoms with E-state index in [1.807, 2.05) is 0 Å². The molecule has 506 valence electrons. The number of rotatable bonds is 32. The first-order valence-electron chi connectivity index (χ1n) is 27.5. The first-order chi connectivity index (χ1) is 43.4. The van der Waals surface area contributed by atoms with E-state index in [9.17, 15) is 76.0 Å². The van der Waals surface area contributed by atoms with Gasteiger partial charge in [0.15, 0.2) is 22.4 Å². The molecule has 2 aliphatic heterocycles. The highest BCUT2D eigenvalue weighted by atomic mass is 33.1. The average molecular weight is 1470 g/mol. The Bertz CT molecular complexity index is 3640. The zero-order valence-corrected chi connectivity index (χ0v) is 56.4. The van der Waals surface area contributed by atoms with E-state index in [4.69, 9.17) is 34.3 Å². The van der Waals surface area contributed by atoms with Crippen LogP contribution in [0, 0.1) is 17.8 Å².